The van der Waals surface area contributed by atoms with Crippen molar-refractivity contribution in [3.63, 3.8) is 0 Å². The summed E-state index contributed by atoms with van der Waals surface area (Å²) < 4.78 is 0. The van der Waals surface area contributed by atoms with E-state index in [1.807, 2.05) is 30.3 Å². The molecule has 0 amide bonds. The number of rotatable bonds is 3. The normalized spacial score (nSPS) is 12.2. The zero-order valence-electron chi connectivity index (χ0n) is 7.95. The van der Waals surface area contributed by atoms with E-state index in [-0.39, 0.29) is 6.04 Å². The maximum atomic E-state index is 10.3. The maximum Gasteiger partial charge on any atom is 0.422 e. The summed E-state index contributed by atoms with van der Waals surface area (Å²) in [5.41, 5.74) is 1.13. The topological polar surface area (TPSA) is 31.0 Å². The zero-order chi connectivity index (χ0) is 9.68. The first kappa shape index (κ1) is 9.69. The standard InChI is InChI=1S/C11H13NO/c1-9(2)11(12-8-13)10-6-4-3-5-7-10/h3-7,9,11H,1-2H3/p+1. The van der Waals surface area contributed by atoms with E-state index in [9.17, 15) is 4.79 Å². The summed E-state index contributed by atoms with van der Waals surface area (Å²) in [5, 5.41) is 0. The van der Waals surface area contributed by atoms with Crippen molar-refractivity contribution in [3.8, 4) is 0 Å². The minimum Gasteiger partial charge on any atom is -0.160 e. The van der Waals surface area contributed by atoms with Crippen molar-refractivity contribution in [1.82, 2.24) is 0 Å². The van der Waals surface area contributed by atoms with Crippen LogP contribution in [0.5, 0.6) is 0 Å². The number of benzene rings is 1. The molecule has 0 fully saturated rings. The summed E-state index contributed by atoms with van der Waals surface area (Å²) >= 11 is 0. The van der Waals surface area contributed by atoms with Crippen LogP contribution >= 0.6 is 0 Å². The molecule has 0 saturated carbocycles. The van der Waals surface area contributed by atoms with Gasteiger partial charge in [-0.2, -0.15) is 9.79 Å². The van der Waals surface area contributed by atoms with Crippen molar-refractivity contribution in [2.45, 2.75) is 19.9 Å². The minimum atomic E-state index is 0.0682. The number of nitrogens with one attached hydrogen (secondary N) is 1. The van der Waals surface area contributed by atoms with E-state index in [0.29, 0.717) is 5.92 Å². The Kier molecular flexibility index (Phi) is 3.41. The molecular formula is C11H14NO+. The summed E-state index contributed by atoms with van der Waals surface area (Å²) in [5.74, 6) is 0.379. The minimum absolute atomic E-state index is 0.0682. The van der Waals surface area contributed by atoms with Gasteiger partial charge < -0.3 is 0 Å². The predicted octanol–water partition coefficient (Wildman–Crippen LogP) is 0.800. The second-order valence-corrected chi connectivity index (χ2v) is 3.38. The third-order valence-corrected chi connectivity index (χ3v) is 2.04. The molecule has 0 heterocycles. The van der Waals surface area contributed by atoms with Gasteiger partial charge in [0.15, 0.2) is 6.04 Å². The molecule has 1 rings (SSSR count). The smallest absolute Gasteiger partial charge is 0.160 e. The van der Waals surface area contributed by atoms with Gasteiger partial charge in [0.25, 0.3) is 0 Å². The van der Waals surface area contributed by atoms with E-state index in [2.05, 4.69) is 18.8 Å². The van der Waals surface area contributed by atoms with Crippen LogP contribution in [0.3, 0.4) is 0 Å². The fourth-order valence-electron chi connectivity index (χ4n) is 1.36. The van der Waals surface area contributed by atoms with Gasteiger partial charge >= 0.3 is 6.08 Å². The van der Waals surface area contributed by atoms with Crippen molar-refractivity contribution < 1.29 is 9.79 Å². The van der Waals surface area contributed by atoms with Crippen molar-refractivity contribution in [1.29, 1.82) is 0 Å². The Labute approximate surface area is 78.3 Å². The molecule has 13 heavy (non-hydrogen) atoms. The second-order valence-electron chi connectivity index (χ2n) is 3.38. The van der Waals surface area contributed by atoms with Crippen LogP contribution in [-0.4, -0.2) is 6.08 Å². The molecule has 68 valence electrons. The molecule has 1 aromatic carbocycles. The average Bonchev–Trinajstić information content (AvgIpc) is 2.15. The number of isocyanates is 1. The first-order chi connectivity index (χ1) is 6.25. The van der Waals surface area contributed by atoms with Gasteiger partial charge in [0.1, 0.15) is 0 Å². The molecular weight excluding hydrogens is 162 g/mol. The van der Waals surface area contributed by atoms with Crippen LogP contribution in [-0.2, 0) is 4.79 Å². The van der Waals surface area contributed by atoms with E-state index < -0.39 is 0 Å². The molecule has 1 N–H and O–H groups in total. The van der Waals surface area contributed by atoms with Crippen LogP contribution in [0.4, 0.5) is 0 Å². The Balaban J connectivity index is 2.95. The van der Waals surface area contributed by atoms with Gasteiger partial charge in [0.2, 0.25) is 0 Å². The summed E-state index contributed by atoms with van der Waals surface area (Å²) in [6, 6.07) is 9.99. The van der Waals surface area contributed by atoms with Crippen LogP contribution in [0.15, 0.2) is 30.3 Å². The molecule has 0 radical (unpaired) electrons. The Morgan fingerprint density at radius 2 is 1.85 bits per heavy atom. The third kappa shape index (κ3) is 2.53. The molecule has 1 unspecified atom stereocenters. The van der Waals surface area contributed by atoms with Gasteiger partial charge in [-0.1, -0.05) is 44.2 Å². The lowest BCUT2D eigenvalue weighted by Crippen LogP contribution is -2.70. The fraction of sp³-hybridized carbons (Fsp3) is 0.364. The van der Waals surface area contributed by atoms with Gasteiger partial charge in [0, 0.05) is 11.5 Å². The lowest BCUT2D eigenvalue weighted by molar-refractivity contribution is -0.516. The van der Waals surface area contributed by atoms with Crippen molar-refractivity contribution >= 4 is 6.08 Å². The Morgan fingerprint density at radius 1 is 1.23 bits per heavy atom. The van der Waals surface area contributed by atoms with Gasteiger partial charge in [-0.3, -0.25) is 0 Å². The molecule has 2 heteroatoms. The van der Waals surface area contributed by atoms with Gasteiger partial charge in [-0.15, -0.1) is 0 Å². The van der Waals surface area contributed by atoms with E-state index in [4.69, 9.17) is 0 Å². The van der Waals surface area contributed by atoms with Crippen LogP contribution in [0, 0.1) is 5.92 Å². The van der Waals surface area contributed by atoms with Crippen molar-refractivity contribution in [3.05, 3.63) is 35.9 Å². The maximum absolute atomic E-state index is 10.3. The van der Waals surface area contributed by atoms with E-state index >= 15 is 0 Å². The highest BCUT2D eigenvalue weighted by atomic mass is 16.1. The third-order valence-electron chi connectivity index (χ3n) is 2.04. The highest BCUT2D eigenvalue weighted by Gasteiger charge is 2.18. The Hall–Kier alpha value is -1.40. The van der Waals surface area contributed by atoms with Crippen LogP contribution in [0.1, 0.15) is 25.5 Å². The Bertz CT molecular complexity index is 299. The quantitative estimate of drug-likeness (QED) is 0.536. The lowest BCUT2D eigenvalue weighted by atomic mass is 9.97. The van der Waals surface area contributed by atoms with Gasteiger partial charge in [-0.05, 0) is 0 Å². The van der Waals surface area contributed by atoms with E-state index in [1.54, 1.807) is 6.08 Å². The molecule has 1 aromatic rings. The fourth-order valence-corrected chi connectivity index (χ4v) is 1.36. The molecule has 0 saturated heterocycles. The summed E-state index contributed by atoms with van der Waals surface area (Å²) in [6.45, 7) is 4.14. The van der Waals surface area contributed by atoms with Crippen LogP contribution < -0.4 is 4.99 Å². The SMILES string of the molecule is CC(C)C([NH+]=C=O)c1ccccc1. The summed E-state index contributed by atoms with van der Waals surface area (Å²) in [6.07, 6.45) is 1.75. The van der Waals surface area contributed by atoms with Crippen molar-refractivity contribution in [2.24, 2.45) is 5.92 Å². The van der Waals surface area contributed by atoms with Gasteiger partial charge in [0.05, 0.1) is 0 Å². The number of carbonyl (C=O) groups excluding carboxylic acids is 1. The summed E-state index contributed by atoms with van der Waals surface area (Å²) in [4.78, 5) is 12.9. The van der Waals surface area contributed by atoms with Gasteiger partial charge in [-0.25, -0.2) is 0 Å². The molecule has 0 aromatic heterocycles. The molecule has 0 aliphatic heterocycles. The molecule has 0 aliphatic rings. The second kappa shape index (κ2) is 4.58. The van der Waals surface area contributed by atoms with Crippen LogP contribution in [0.25, 0.3) is 0 Å². The first-order valence-corrected chi connectivity index (χ1v) is 4.43. The molecule has 2 nitrogen and oxygen atoms in total. The van der Waals surface area contributed by atoms with E-state index in [0.717, 1.165) is 5.56 Å². The highest BCUT2D eigenvalue weighted by molar-refractivity contribution is 5.25. The first-order valence-electron chi connectivity index (χ1n) is 4.43. The Morgan fingerprint density at radius 3 is 2.31 bits per heavy atom. The highest BCUT2D eigenvalue weighted by Crippen LogP contribution is 2.15. The molecule has 1 atom stereocenters. The largest absolute Gasteiger partial charge is 0.422 e. The molecule has 0 aliphatic carbocycles. The van der Waals surface area contributed by atoms with E-state index in [1.165, 1.54) is 0 Å². The zero-order valence-corrected chi connectivity index (χ0v) is 7.95. The van der Waals surface area contributed by atoms with Crippen LogP contribution in [0.2, 0.25) is 0 Å². The lowest BCUT2D eigenvalue weighted by Gasteiger charge is -2.09. The monoisotopic (exact) mass is 176 g/mol. The predicted molar refractivity (Wildman–Crippen MR) is 50.7 cm³/mol. The number of hydrogen-bond donors (Lipinski definition) is 1. The number of hydrogen-bond acceptors (Lipinski definition) is 1. The summed E-state index contributed by atoms with van der Waals surface area (Å²) in [7, 11) is 0. The molecule has 0 bridgehead atoms. The molecule has 0 spiro atoms. The average molecular weight is 176 g/mol. The van der Waals surface area contributed by atoms with Crippen molar-refractivity contribution in [2.75, 3.05) is 0 Å².